The molecule has 0 bridgehead atoms. The van der Waals surface area contributed by atoms with Crippen molar-refractivity contribution in [1.82, 2.24) is 19.5 Å². The predicted octanol–water partition coefficient (Wildman–Crippen LogP) is 6.76. The molecule has 3 aromatic heterocycles. The first-order valence-electron chi connectivity index (χ1n) is 10.6. The van der Waals surface area contributed by atoms with Crippen molar-refractivity contribution in [3.05, 3.63) is 112 Å². The lowest BCUT2D eigenvalue weighted by atomic mass is 9.83. The minimum Gasteiger partial charge on any atom is -0.374 e. The molecule has 5 rings (SSSR count). The van der Waals surface area contributed by atoms with Crippen LogP contribution in [0.3, 0.4) is 0 Å². The Bertz CT molecular complexity index is 1490. The topological polar surface area (TPSA) is 63.8 Å². The Morgan fingerprint density at radius 3 is 2.41 bits per heavy atom. The van der Waals surface area contributed by atoms with E-state index in [0.717, 1.165) is 5.56 Å². The molecule has 0 aliphatic heterocycles. The molecule has 0 amide bonds. The lowest BCUT2D eigenvalue weighted by Crippen LogP contribution is -2.31. The monoisotopic (exact) mass is 508 g/mol. The number of aromatic nitrogens is 4. The summed E-state index contributed by atoms with van der Waals surface area (Å²) in [7, 11) is 0. The summed E-state index contributed by atoms with van der Waals surface area (Å²) >= 11 is 19.5. The molecule has 3 heterocycles. The summed E-state index contributed by atoms with van der Waals surface area (Å²) in [5.74, 6) is 0. The van der Waals surface area contributed by atoms with Gasteiger partial charge in [-0.3, -0.25) is 0 Å². The number of pyridine rings is 2. The van der Waals surface area contributed by atoms with E-state index in [-0.39, 0.29) is 0 Å². The first-order chi connectivity index (χ1) is 16.4. The number of aliphatic hydroxyl groups is 1. The van der Waals surface area contributed by atoms with Crippen LogP contribution in [0.1, 0.15) is 23.7 Å². The summed E-state index contributed by atoms with van der Waals surface area (Å²) in [6.45, 7) is 2.61. The number of halogens is 3. The van der Waals surface area contributed by atoms with Crippen LogP contribution in [0.15, 0.2) is 79.4 Å². The van der Waals surface area contributed by atoms with Crippen LogP contribution in [0.4, 0.5) is 0 Å². The van der Waals surface area contributed by atoms with Crippen LogP contribution in [0.25, 0.3) is 22.0 Å². The minimum absolute atomic E-state index is 0.317. The summed E-state index contributed by atoms with van der Waals surface area (Å²) in [5, 5.41) is 14.1. The molecule has 0 aliphatic rings. The fraction of sp³-hybridized carbons (Fsp3) is 0.115. The van der Waals surface area contributed by atoms with E-state index in [4.69, 9.17) is 34.8 Å². The molecule has 1 unspecified atom stereocenters. The van der Waals surface area contributed by atoms with Gasteiger partial charge >= 0.3 is 0 Å². The van der Waals surface area contributed by atoms with Gasteiger partial charge in [0.05, 0.1) is 28.8 Å². The molecule has 0 saturated carbocycles. The van der Waals surface area contributed by atoms with Crippen molar-refractivity contribution in [2.24, 2.45) is 0 Å². The predicted molar refractivity (Wildman–Crippen MR) is 136 cm³/mol. The largest absolute Gasteiger partial charge is 0.374 e. The van der Waals surface area contributed by atoms with E-state index in [1.54, 1.807) is 36.9 Å². The normalized spacial score (nSPS) is 13.2. The average Bonchev–Trinajstić information content (AvgIpc) is 3.34. The van der Waals surface area contributed by atoms with Crippen LogP contribution in [-0.2, 0) is 12.1 Å². The van der Waals surface area contributed by atoms with Gasteiger partial charge in [-0.1, -0.05) is 77.3 Å². The molecule has 1 N–H and O–H groups in total. The van der Waals surface area contributed by atoms with Crippen molar-refractivity contribution in [1.29, 1.82) is 0 Å². The second kappa shape index (κ2) is 9.01. The van der Waals surface area contributed by atoms with Gasteiger partial charge in [0.2, 0.25) is 0 Å². The van der Waals surface area contributed by atoms with Gasteiger partial charge in [0, 0.05) is 29.3 Å². The Morgan fingerprint density at radius 2 is 1.71 bits per heavy atom. The van der Waals surface area contributed by atoms with E-state index >= 15 is 0 Å². The molecule has 0 spiro atoms. The molecule has 34 heavy (non-hydrogen) atoms. The van der Waals surface area contributed by atoms with Crippen LogP contribution in [0, 0.1) is 0 Å². The van der Waals surface area contributed by atoms with Gasteiger partial charge in [-0.15, -0.1) is 0 Å². The maximum atomic E-state index is 12.3. The van der Waals surface area contributed by atoms with E-state index in [1.165, 1.54) is 0 Å². The molecule has 5 nitrogen and oxygen atoms in total. The van der Waals surface area contributed by atoms with E-state index in [0.29, 0.717) is 55.2 Å². The van der Waals surface area contributed by atoms with Crippen molar-refractivity contribution in [3.8, 4) is 11.1 Å². The quantitative estimate of drug-likeness (QED) is 0.266. The Labute approximate surface area is 211 Å². The third-order valence-electron chi connectivity index (χ3n) is 5.93. The maximum absolute atomic E-state index is 12.3. The second-order valence-corrected chi connectivity index (χ2v) is 8.96. The molecule has 0 saturated heterocycles. The molecule has 170 valence electrons. The highest BCUT2D eigenvalue weighted by Crippen LogP contribution is 2.42. The zero-order valence-electron chi connectivity index (χ0n) is 18.1. The number of fused-ring (bicyclic) bond motifs is 1. The van der Waals surface area contributed by atoms with Gasteiger partial charge in [-0.2, -0.15) is 0 Å². The minimum atomic E-state index is -1.56. The zero-order valence-corrected chi connectivity index (χ0v) is 20.4. The first-order valence-corrected chi connectivity index (χ1v) is 11.8. The van der Waals surface area contributed by atoms with E-state index in [2.05, 4.69) is 15.0 Å². The molecule has 8 heteroatoms. The fourth-order valence-corrected chi connectivity index (χ4v) is 5.00. The van der Waals surface area contributed by atoms with Gasteiger partial charge in [-0.25, -0.2) is 15.0 Å². The Balaban J connectivity index is 1.78. The van der Waals surface area contributed by atoms with Crippen molar-refractivity contribution in [3.63, 3.8) is 0 Å². The molecular formula is C26H19Cl3N4O. The molecular weight excluding hydrogens is 491 g/mol. The number of imidazole rings is 1. The lowest BCUT2D eigenvalue weighted by molar-refractivity contribution is 0.116. The summed E-state index contributed by atoms with van der Waals surface area (Å²) in [5.41, 5.74) is 2.30. The fourth-order valence-electron chi connectivity index (χ4n) is 4.20. The van der Waals surface area contributed by atoms with Gasteiger partial charge in [-0.05, 0) is 36.2 Å². The Morgan fingerprint density at radius 1 is 0.941 bits per heavy atom. The number of hydrogen-bond donors (Lipinski definition) is 1. The SMILES string of the molecule is CCn1cncc1C(O)(c1ccc(Cl)nc1)c1ccc2nc(Cl)c(-c3ccccc3)c(Cl)c2c1. The van der Waals surface area contributed by atoms with Gasteiger partial charge in [0.1, 0.15) is 10.3 Å². The third-order valence-corrected chi connectivity index (χ3v) is 6.82. The second-order valence-electron chi connectivity index (χ2n) is 7.83. The Hall–Kier alpha value is -2.96. The maximum Gasteiger partial charge on any atom is 0.158 e. The van der Waals surface area contributed by atoms with Crippen LogP contribution in [0.2, 0.25) is 15.3 Å². The average molecular weight is 510 g/mol. The molecule has 2 aromatic carbocycles. The molecule has 5 aromatic rings. The van der Waals surface area contributed by atoms with Crippen molar-refractivity contribution >= 4 is 45.7 Å². The van der Waals surface area contributed by atoms with E-state index in [1.807, 2.05) is 54.0 Å². The number of nitrogens with zero attached hydrogens (tertiary/aromatic N) is 4. The molecule has 0 radical (unpaired) electrons. The third kappa shape index (κ3) is 3.75. The van der Waals surface area contributed by atoms with Gasteiger partial charge in [0.25, 0.3) is 0 Å². The summed E-state index contributed by atoms with van der Waals surface area (Å²) in [6, 6.07) is 18.5. The summed E-state index contributed by atoms with van der Waals surface area (Å²) < 4.78 is 1.88. The van der Waals surface area contributed by atoms with Crippen LogP contribution in [-0.4, -0.2) is 24.6 Å². The molecule has 0 aliphatic carbocycles. The number of rotatable bonds is 5. The van der Waals surface area contributed by atoms with Crippen LogP contribution in [0.5, 0.6) is 0 Å². The molecule has 1 atom stereocenters. The summed E-state index contributed by atoms with van der Waals surface area (Å²) in [6.07, 6.45) is 4.91. The van der Waals surface area contributed by atoms with Gasteiger partial charge < -0.3 is 9.67 Å². The number of benzene rings is 2. The van der Waals surface area contributed by atoms with Crippen LogP contribution >= 0.6 is 34.8 Å². The van der Waals surface area contributed by atoms with E-state index < -0.39 is 5.60 Å². The highest BCUT2D eigenvalue weighted by atomic mass is 35.5. The van der Waals surface area contributed by atoms with Crippen molar-refractivity contribution < 1.29 is 5.11 Å². The molecule has 0 fully saturated rings. The van der Waals surface area contributed by atoms with Gasteiger partial charge in [0.15, 0.2) is 5.60 Å². The number of aryl methyl sites for hydroxylation is 1. The van der Waals surface area contributed by atoms with E-state index in [9.17, 15) is 5.11 Å². The Kier molecular flexibility index (Phi) is 6.04. The van der Waals surface area contributed by atoms with Crippen LogP contribution < -0.4 is 0 Å². The lowest BCUT2D eigenvalue weighted by Gasteiger charge is -2.30. The standard InChI is InChI=1S/C26H19Cl3N4O/c1-2-33-15-30-14-21(33)26(34,18-9-11-22(27)31-13-18)17-8-10-20-19(12-17)24(28)23(25(29)32-20)16-6-4-3-5-7-16/h3-15,34H,2H2,1H3. The first kappa shape index (κ1) is 22.8. The smallest absolute Gasteiger partial charge is 0.158 e. The zero-order chi connectivity index (χ0) is 23.9. The van der Waals surface area contributed by atoms with Crippen molar-refractivity contribution in [2.45, 2.75) is 19.1 Å². The highest BCUT2D eigenvalue weighted by molar-refractivity contribution is 6.42. The summed E-state index contributed by atoms with van der Waals surface area (Å²) in [4.78, 5) is 13.0. The van der Waals surface area contributed by atoms with Crippen molar-refractivity contribution in [2.75, 3.05) is 0 Å². The highest BCUT2D eigenvalue weighted by Gasteiger charge is 2.37. The number of hydrogen-bond acceptors (Lipinski definition) is 4.